The minimum Gasteiger partial charge on any atom is -0.380 e. The number of hydrogen-bond donors (Lipinski definition) is 1. The predicted octanol–water partition coefficient (Wildman–Crippen LogP) is 2.64. The Balaban J connectivity index is 2.18. The van der Waals surface area contributed by atoms with Crippen LogP contribution in [-0.2, 0) is 4.74 Å². The van der Waals surface area contributed by atoms with E-state index in [9.17, 15) is 4.79 Å². The number of nitrogens with zero attached hydrogens (tertiary/aromatic N) is 1. The molecule has 1 heterocycles. The van der Waals surface area contributed by atoms with Gasteiger partial charge in [0.2, 0.25) is 0 Å². The second kappa shape index (κ2) is 8.21. The zero-order valence-electron chi connectivity index (χ0n) is 10.8. The van der Waals surface area contributed by atoms with Crippen LogP contribution in [0.15, 0.2) is 22.8 Å². The van der Waals surface area contributed by atoms with E-state index in [0.717, 1.165) is 13.0 Å². The summed E-state index contributed by atoms with van der Waals surface area (Å²) in [5.41, 5.74) is 0.409. The Morgan fingerprint density at radius 1 is 1.44 bits per heavy atom. The van der Waals surface area contributed by atoms with Crippen LogP contribution in [0.25, 0.3) is 0 Å². The van der Waals surface area contributed by atoms with E-state index < -0.39 is 0 Å². The molecule has 0 aromatic carbocycles. The van der Waals surface area contributed by atoms with Crippen LogP contribution in [0.3, 0.4) is 0 Å². The maximum absolute atomic E-state index is 11.7. The lowest BCUT2D eigenvalue weighted by Gasteiger charge is -2.07. The molecule has 0 spiro atoms. The molecule has 1 aromatic rings. The number of nitrogens with one attached hydrogen (secondary N) is 1. The van der Waals surface area contributed by atoms with E-state index in [1.54, 1.807) is 18.2 Å². The van der Waals surface area contributed by atoms with Gasteiger partial charge in [0.15, 0.2) is 0 Å². The van der Waals surface area contributed by atoms with Crippen molar-refractivity contribution in [1.82, 2.24) is 10.3 Å². The third-order valence-corrected chi connectivity index (χ3v) is 2.76. The summed E-state index contributed by atoms with van der Waals surface area (Å²) in [4.78, 5) is 15.8. The molecular formula is C13H19BrN2O2. The zero-order chi connectivity index (χ0) is 13.4. The lowest BCUT2D eigenvalue weighted by atomic mass is 10.1. The summed E-state index contributed by atoms with van der Waals surface area (Å²) in [6, 6.07) is 5.25. The average Bonchev–Trinajstić information content (AvgIpc) is 2.33. The van der Waals surface area contributed by atoms with Crippen LogP contribution in [-0.4, -0.2) is 30.6 Å². The topological polar surface area (TPSA) is 51.2 Å². The lowest BCUT2D eigenvalue weighted by molar-refractivity contribution is 0.0901. The van der Waals surface area contributed by atoms with Gasteiger partial charge in [-0.3, -0.25) is 4.79 Å². The van der Waals surface area contributed by atoms with E-state index in [1.165, 1.54) is 0 Å². The summed E-state index contributed by atoms with van der Waals surface area (Å²) >= 11 is 3.23. The molecule has 5 heteroatoms. The first-order chi connectivity index (χ1) is 8.59. The van der Waals surface area contributed by atoms with Gasteiger partial charge in [-0.15, -0.1) is 0 Å². The minimum atomic E-state index is -0.177. The van der Waals surface area contributed by atoms with E-state index in [1.807, 2.05) is 0 Å². The first kappa shape index (κ1) is 15.1. The van der Waals surface area contributed by atoms with Crippen molar-refractivity contribution in [2.24, 2.45) is 5.92 Å². The highest BCUT2D eigenvalue weighted by molar-refractivity contribution is 9.10. The first-order valence-electron chi connectivity index (χ1n) is 6.08. The number of halogens is 1. The Bertz CT molecular complexity index is 383. The van der Waals surface area contributed by atoms with Gasteiger partial charge >= 0.3 is 0 Å². The van der Waals surface area contributed by atoms with Crippen molar-refractivity contribution in [3.63, 3.8) is 0 Å². The summed E-state index contributed by atoms with van der Waals surface area (Å²) < 4.78 is 6.07. The minimum absolute atomic E-state index is 0.177. The Hall–Kier alpha value is -0.940. The highest BCUT2D eigenvalue weighted by atomic mass is 79.9. The monoisotopic (exact) mass is 314 g/mol. The number of rotatable bonds is 7. The standard InChI is InChI=1S/C13H19BrN2O2/c1-10(2)6-8-18-9-7-15-13(17)11-4-3-5-12(14)16-11/h3-5,10H,6-9H2,1-2H3,(H,15,17). The maximum Gasteiger partial charge on any atom is 0.270 e. The lowest BCUT2D eigenvalue weighted by Crippen LogP contribution is -2.28. The molecule has 0 aliphatic carbocycles. The molecule has 0 atom stereocenters. The Morgan fingerprint density at radius 2 is 2.22 bits per heavy atom. The molecule has 0 bridgehead atoms. The van der Waals surface area contributed by atoms with Crippen molar-refractivity contribution in [2.75, 3.05) is 19.8 Å². The number of aromatic nitrogens is 1. The molecule has 1 amide bonds. The van der Waals surface area contributed by atoms with Gasteiger partial charge in [0.25, 0.3) is 5.91 Å². The van der Waals surface area contributed by atoms with Crippen LogP contribution in [0.4, 0.5) is 0 Å². The number of pyridine rings is 1. The SMILES string of the molecule is CC(C)CCOCCNC(=O)c1cccc(Br)n1. The molecule has 100 valence electrons. The third-order valence-electron chi connectivity index (χ3n) is 2.32. The van der Waals surface area contributed by atoms with Crippen molar-refractivity contribution >= 4 is 21.8 Å². The maximum atomic E-state index is 11.7. The summed E-state index contributed by atoms with van der Waals surface area (Å²) in [5.74, 6) is 0.467. The van der Waals surface area contributed by atoms with E-state index >= 15 is 0 Å². The van der Waals surface area contributed by atoms with Gasteiger partial charge in [0.05, 0.1) is 6.61 Å². The fraction of sp³-hybridized carbons (Fsp3) is 0.538. The molecule has 0 aliphatic heterocycles. The Kier molecular flexibility index (Phi) is 6.90. The van der Waals surface area contributed by atoms with Gasteiger partial charge in [-0.25, -0.2) is 4.98 Å². The molecule has 0 aliphatic rings. The first-order valence-corrected chi connectivity index (χ1v) is 6.87. The second-order valence-electron chi connectivity index (χ2n) is 4.40. The molecule has 0 radical (unpaired) electrons. The summed E-state index contributed by atoms with van der Waals surface area (Å²) in [6.07, 6.45) is 1.04. The van der Waals surface area contributed by atoms with Crippen LogP contribution >= 0.6 is 15.9 Å². The van der Waals surface area contributed by atoms with Crippen molar-refractivity contribution in [2.45, 2.75) is 20.3 Å². The molecule has 1 N–H and O–H groups in total. The highest BCUT2D eigenvalue weighted by Crippen LogP contribution is 2.05. The van der Waals surface area contributed by atoms with E-state index in [2.05, 4.69) is 40.1 Å². The van der Waals surface area contributed by atoms with Crippen LogP contribution < -0.4 is 5.32 Å². The van der Waals surface area contributed by atoms with Gasteiger partial charge in [0, 0.05) is 13.2 Å². The van der Waals surface area contributed by atoms with Gasteiger partial charge in [0.1, 0.15) is 10.3 Å². The van der Waals surface area contributed by atoms with Crippen molar-refractivity contribution in [3.05, 3.63) is 28.5 Å². The highest BCUT2D eigenvalue weighted by Gasteiger charge is 2.06. The number of hydrogen-bond acceptors (Lipinski definition) is 3. The van der Waals surface area contributed by atoms with Crippen molar-refractivity contribution in [3.8, 4) is 0 Å². The van der Waals surface area contributed by atoms with Gasteiger partial charge < -0.3 is 10.1 Å². The van der Waals surface area contributed by atoms with Gasteiger partial charge in [-0.1, -0.05) is 19.9 Å². The quantitative estimate of drug-likeness (QED) is 0.622. The molecule has 0 fully saturated rings. The summed E-state index contributed by atoms with van der Waals surface area (Å²) in [7, 11) is 0. The molecule has 1 aromatic heterocycles. The largest absolute Gasteiger partial charge is 0.380 e. The normalized spacial score (nSPS) is 10.7. The zero-order valence-corrected chi connectivity index (χ0v) is 12.4. The average molecular weight is 315 g/mol. The number of ether oxygens (including phenoxy) is 1. The molecule has 4 nitrogen and oxygen atoms in total. The van der Waals surface area contributed by atoms with Crippen molar-refractivity contribution < 1.29 is 9.53 Å². The van der Waals surface area contributed by atoms with Crippen LogP contribution in [0.1, 0.15) is 30.8 Å². The number of amides is 1. The number of carbonyl (C=O) groups is 1. The summed E-state index contributed by atoms with van der Waals surface area (Å²) in [5, 5.41) is 2.77. The second-order valence-corrected chi connectivity index (χ2v) is 5.21. The Labute approximate surface area is 116 Å². The van der Waals surface area contributed by atoms with Crippen molar-refractivity contribution in [1.29, 1.82) is 0 Å². The van der Waals surface area contributed by atoms with Crippen LogP contribution in [0.5, 0.6) is 0 Å². The molecule has 1 rings (SSSR count). The molecular weight excluding hydrogens is 296 g/mol. The molecule has 0 saturated heterocycles. The molecule has 0 unspecified atom stereocenters. The fourth-order valence-electron chi connectivity index (χ4n) is 1.28. The van der Waals surface area contributed by atoms with Crippen LogP contribution in [0, 0.1) is 5.92 Å². The fourth-order valence-corrected chi connectivity index (χ4v) is 1.63. The molecule has 0 saturated carbocycles. The number of carbonyl (C=O) groups excluding carboxylic acids is 1. The van der Waals surface area contributed by atoms with Gasteiger partial charge in [-0.2, -0.15) is 0 Å². The van der Waals surface area contributed by atoms with Gasteiger partial charge in [-0.05, 0) is 40.4 Å². The third kappa shape index (κ3) is 6.12. The Morgan fingerprint density at radius 3 is 2.89 bits per heavy atom. The smallest absolute Gasteiger partial charge is 0.270 e. The summed E-state index contributed by atoms with van der Waals surface area (Å²) in [6.45, 7) is 6.09. The van der Waals surface area contributed by atoms with Crippen LogP contribution in [0.2, 0.25) is 0 Å². The predicted molar refractivity (Wildman–Crippen MR) is 74.5 cm³/mol. The van der Waals surface area contributed by atoms with E-state index in [0.29, 0.717) is 29.4 Å². The van der Waals surface area contributed by atoms with E-state index in [-0.39, 0.29) is 5.91 Å². The van der Waals surface area contributed by atoms with E-state index in [4.69, 9.17) is 4.74 Å². The molecule has 18 heavy (non-hydrogen) atoms.